The molecule has 6 nitrogen and oxygen atoms in total. The van der Waals surface area contributed by atoms with E-state index in [1.165, 1.54) is 6.07 Å². The monoisotopic (exact) mass is 439 g/mol. The molecular weight excluding hydrogens is 422 g/mol. The van der Waals surface area contributed by atoms with Crippen LogP contribution < -0.4 is 9.88 Å². The lowest BCUT2D eigenvalue weighted by atomic mass is 10.1. The molecule has 0 aliphatic rings. The van der Waals surface area contributed by atoms with Crippen molar-refractivity contribution in [2.24, 2.45) is 5.14 Å². The van der Waals surface area contributed by atoms with Crippen molar-refractivity contribution in [1.29, 1.82) is 0 Å². The predicted molar refractivity (Wildman–Crippen MR) is 117 cm³/mol. The van der Waals surface area contributed by atoms with Crippen LogP contribution in [0.2, 0.25) is 5.02 Å². The van der Waals surface area contributed by atoms with Crippen LogP contribution in [-0.2, 0) is 10.0 Å². The number of halogens is 1. The van der Waals surface area contributed by atoms with Crippen LogP contribution in [0.5, 0.6) is 5.75 Å². The number of ether oxygens (including phenoxy) is 1. The predicted octanol–water partition coefficient (Wildman–Crippen LogP) is 4.52. The molecule has 3 aromatic carbocycles. The molecule has 4 rings (SSSR count). The second-order valence-electron chi connectivity index (χ2n) is 6.57. The van der Waals surface area contributed by atoms with Gasteiger partial charge >= 0.3 is 0 Å². The van der Waals surface area contributed by atoms with Crippen molar-refractivity contribution in [1.82, 2.24) is 9.78 Å². The highest BCUT2D eigenvalue weighted by Crippen LogP contribution is 2.32. The second kappa shape index (κ2) is 7.95. The number of methoxy groups -OCH3 is 1. The number of para-hydroxylation sites is 1. The molecular formula is C22H18ClN3O3S. The Hall–Kier alpha value is -3.13. The summed E-state index contributed by atoms with van der Waals surface area (Å²) in [7, 11) is -2.35. The first-order chi connectivity index (χ1) is 14.4. The molecule has 0 saturated heterocycles. The number of nitrogens with two attached hydrogens (primary N) is 1. The van der Waals surface area contributed by atoms with Gasteiger partial charge in [0, 0.05) is 16.1 Å². The summed E-state index contributed by atoms with van der Waals surface area (Å²) in [4.78, 5) is -0.00878. The molecule has 0 fully saturated rings. The first kappa shape index (κ1) is 20.2. The quantitative estimate of drug-likeness (QED) is 0.495. The third-order valence-corrected chi connectivity index (χ3v) is 5.85. The zero-order chi connectivity index (χ0) is 21.3. The summed E-state index contributed by atoms with van der Waals surface area (Å²) >= 11 is 6.01. The number of primary sulfonamides is 1. The van der Waals surface area contributed by atoms with E-state index in [0.717, 1.165) is 11.1 Å². The minimum Gasteiger partial charge on any atom is -0.497 e. The van der Waals surface area contributed by atoms with Gasteiger partial charge in [-0.2, -0.15) is 5.10 Å². The molecule has 0 aliphatic heterocycles. The molecule has 0 amide bonds. The van der Waals surface area contributed by atoms with Crippen molar-refractivity contribution in [3.8, 4) is 34.0 Å². The number of nitrogens with zero attached hydrogens (tertiary/aromatic N) is 2. The lowest BCUT2D eigenvalue weighted by Gasteiger charge is -2.11. The van der Waals surface area contributed by atoms with Crippen molar-refractivity contribution in [2.75, 3.05) is 7.11 Å². The van der Waals surface area contributed by atoms with Crippen LogP contribution in [0.25, 0.3) is 28.2 Å². The van der Waals surface area contributed by atoms with E-state index in [2.05, 4.69) is 0 Å². The van der Waals surface area contributed by atoms with E-state index in [1.807, 2.05) is 42.5 Å². The van der Waals surface area contributed by atoms with E-state index < -0.39 is 10.0 Å². The van der Waals surface area contributed by atoms with E-state index in [9.17, 15) is 8.42 Å². The minimum absolute atomic E-state index is 0.00878. The highest BCUT2D eigenvalue weighted by molar-refractivity contribution is 7.89. The number of benzene rings is 3. The number of hydrogen-bond acceptors (Lipinski definition) is 4. The van der Waals surface area contributed by atoms with E-state index >= 15 is 0 Å². The Balaban J connectivity index is 1.96. The Morgan fingerprint density at radius 3 is 2.20 bits per heavy atom. The second-order valence-corrected chi connectivity index (χ2v) is 8.54. The SMILES string of the molecule is COc1ccc(-c2cc(-c3ccc(Cl)cc3)nn2-c2ccccc2S(N)(=O)=O)cc1. The zero-order valence-electron chi connectivity index (χ0n) is 16.0. The zero-order valence-corrected chi connectivity index (χ0v) is 17.6. The molecule has 1 heterocycles. The minimum atomic E-state index is -3.95. The molecule has 0 atom stereocenters. The maximum absolute atomic E-state index is 12.2. The van der Waals surface area contributed by atoms with Crippen LogP contribution in [0, 0.1) is 0 Å². The van der Waals surface area contributed by atoms with Gasteiger partial charge in [-0.3, -0.25) is 0 Å². The van der Waals surface area contributed by atoms with Gasteiger partial charge in [-0.05, 0) is 54.6 Å². The smallest absolute Gasteiger partial charge is 0.240 e. The van der Waals surface area contributed by atoms with Crippen molar-refractivity contribution in [2.45, 2.75) is 4.90 Å². The van der Waals surface area contributed by atoms with Crippen molar-refractivity contribution < 1.29 is 13.2 Å². The summed E-state index contributed by atoms with van der Waals surface area (Å²) in [5.74, 6) is 0.715. The van der Waals surface area contributed by atoms with Gasteiger partial charge < -0.3 is 4.74 Å². The van der Waals surface area contributed by atoms with Crippen LogP contribution in [0.1, 0.15) is 0 Å². The van der Waals surface area contributed by atoms with Crippen molar-refractivity contribution in [3.05, 3.63) is 83.9 Å². The summed E-state index contributed by atoms with van der Waals surface area (Å²) in [5, 5.41) is 10.8. The Morgan fingerprint density at radius 1 is 0.933 bits per heavy atom. The average molecular weight is 440 g/mol. The number of aromatic nitrogens is 2. The Kier molecular flexibility index (Phi) is 5.34. The lowest BCUT2D eigenvalue weighted by molar-refractivity contribution is 0.415. The molecule has 2 N–H and O–H groups in total. The third-order valence-electron chi connectivity index (χ3n) is 4.64. The molecule has 4 aromatic rings. The average Bonchev–Trinajstić information content (AvgIpc) is 3.19. The number of hydrogen-bond donors (Lipinski definition) is 1. The van der Waals surface area contributed by atoms with Gasteiger partial charge in [0.2, 0.25) is 10.0 Å². The third kappa shape index (κ3) is 3.95. The van der Waals surface area contributed by atoms with E-state index in [4.69, 9.17) is 26.6 Å². The largest absolute Gasteiger partial charge is 0.497 e. The van der Waals surface area contributed by atoms with Crippen LogP contribution in [-0.4, -0.2) is 25.3 Å². The molecule has 1 aromatic heterocycles. The van der Waals surface area contributed by atoms with E-state index in [-0.39, 0.29) is 4.90 Å². The standard InChI is InChI=1S/C22H18ClN3O3S/c1-29-18-12-8-16(9-13-18)21-14-19(15-6-10-17(23)11-7-15)25-26(21)20-4-2-3-5-22(20)30(24,27)28/h2-14H,1H3,(H2,24,27,28). The highest BCUT2D eigenvalue weighted by Gasteiger charge is 2.20. The molecule has 0 aliphatic carbocycles. The lowest BCUT2D eigenvalue weighted by Crippen LogP contribution is -2.16. The molecule has 8 heteroatoms. The first-order valence-electron chi connectivity index (χ1n) is 8.99. The summed E-state index contributed by atoms with van der Waals surface area (Å²) in [6, 6.07) is 23.1. The van der Waals surface area contributed by atoms with Crippen LogP contribution in [0.4, 0.5) is 0 Å². The van der Waals surface area contributed by atoms with Crippen LogP contribution >= 0.6 is 11.6 Å². The first-order valence-corrected chi connectivity index (χ1v) is 10.9. The van der Waals surface area contributed by atoms with Gasteiger partial charge in [0.1, 0.15) is 10.6 Å². The van der Waals surface area contributed by atoms with Crippen LogP contribution in [0.3, 0.4) is 0 Å². The maximum atomic E-state index is 12.2. The summed E-state index contributed by atoms with van der Waals surface area (Å²) in [6.45, 7) is 0. The highest BCUT2D eigenvalue weighted by atomic mass is 35.5. The number of sulfonamides is 1. The molecule has 30 heavy (non-hydrogen) atoms. The Morgan fingerprint density at radius 2 is 1.57 bits per heavy atom. The summed E-state index contributed by atoms with van der Waals surface area (Å²) in [5.41, 5.74) is 3.43. The van der Waals surface area contributed by atoms with E-state index in [1.54, 1.807) is 42.1 Å². The van der Waals surface area contributed by atoms with Crippen LogP contribution in [0.15, 0.2) is 83.8 Å². The van der Waals surface area contributed by atoms with Crippen molar-refractivity contribution in [3.63, 3.8) is 0 Å². The van der Waals surface area contributed by atoms with Crippen molar-refractivity contribution >= 4 is 21.6 Å². The van der Waals surface area contributed by atoms with Gasteiger partial charge in [-0.25, -0.2) is 18.2 Å². The van der Waals surface area contributed by atoms with Gasteiger partial charge in [-0.1, -0.05) is 35.9 Å². The topological polar surface area (TPSA) is 87.2 Å². The molecule has 0 saturated carbocycles. The summed E-state index contributed by atoms with van der Waals surface area (Å²) in [6.07, 6.45) is 0. The fourth-order valence-electron chi connectivity index (χ4n) is 3.17. The Labute approximate surface area is 179 Å². The van der Waals surface area contributed by atoms with Gasteiger partial charge in [-0.15, -0.1) is 0 Å². The van der Waals surface area contributed by atoms with Gasteiger partial charge in [0.15, 0.2) is 0 Å². The van der Waals surface area contributed by atoms with Gasteiger partial charge in [0.25, 0.3) is 0 Å². The normalized spacial score (nSPS) is 11.4. The molecule has 0 unspecified atom stereocenters. The Bertz CT molecular complexity index is 1300. The number of rotatable bonds is 5. The molecule has 0 bridgehead atoms. The maximum Gasteiger partial charge on any atom is 0.240 e. The van der Waals surface area contributed by atoms with E-state index in [0.29, 0.717) is 27.8 Å². The summed E-state index contributed by atoms with van der Waals surface area (Å²) < 4.78 is 31.2. The van der Waals surface area contributed by atoms with Gasteiger partial charge in [0.05, 0.1) is 24.2 Å². The molecule has 0 radical (unpaired) electrons. The fraction of sp³-hybridized carbons (Fsp3) is 0.0455. The molecule has 152 valence electrons. The fourth-order valence-corrected chi connectivity index (χ4v) is 4.01. The molecule has 0 spiro atoms.